The molecule has 0 bridgehead atoms. The van der Waals surface area contributed by atoms with Crippen molar-refractivity contribution in [3.8, 4) is 17.6 Å². The van der Waals surface area contributed by atoms with Crippen LogP contribution in [-0.4, -0.2) is 65.4 Å². The number of ether oxygens (including phenoxy) is 2. The van der Waals surface area contributed by atoms with E-state index in [2.05, 4.69) is 5.32 Å². The number of carboxylic acids is 2. The molecule has 1 atom stereocenters. The van der Waals surface area contributed by atoms with E-state index >= 15 is 0 Å². The Labute approximate surface area is 229 Å². The molecule has 0 aliphatic heterocycles. The maximum atomic E-state index is 12.8. The summed E-state index contributed by atoms with van der Waals surface area (Å²) in [5, 5.41) is 29.2. The van der Waals surface area contributed by atoms with Gasteiger partial charge in [0.15, 0.2) is 36.3 Å². The van der Waals surface area contributed by atoms with Crippen LogP contribution < -0.4 is 20.5 Å². The van der Waals surface area contributed by atoms with Crippen molar-refractivity contribution in [2.75, 3.05) is 19.8 Å². The molecule has 1 saturated carbocycles. The number of carbonyl (C=O) groups excluding carboxylic acids is 3. The van der Waals surface area contributed by atoms with Crippen LogP contribution in [0.15, 0.2) is 42.5 Å². The van der Waals surface area contributed by atoms with Crippen molar-refractivity contribution in [3.63, 3.8) is 0 Å². The van der Waals surface area contributed by atoms with Crippen molar-refractivity contribution >= 4 is 29.4 Å². The summed E-state index contributed by atoms with van der Waals surface area (Å²) in [6, 6.07) is 11.4. The van der Waals surface area contributed by atoms with Gasteiger partial charge in [0.05, 0.1) is 24.2 Å². The lowest BCUT2D eigenvalue weighted by atomic mass is 9.76. The third-order valence-corrected chi connectivity index (χ3v) is 6.64. The maximum absolute atomic E-state index is 12.8. The van der Waals surface area contributed by atoms with Crippen LogP contribution in [0.2, 0.25) is 0 Å². The van der Waals surface area contributed by atoms with Gasteiger partial charge in [-0.15, -0.1) is 0 Å². The Morgan fingerprint density at radius 1 is 0.900 bits per heavy atom. The molecule has 0 aromatic heterocycles. The molecule has 1 fully saturated rings. The number of benzene rings is 2. The fourth-order valence-corrected chi connectivity index (χ4v) is 4.46. The first kappa shape index (κ1) is 29.8. The summed E-state index contributed by atoms with van der Waals surface area (Å²) in [6.45, 7) is -1.74. The summed E-state index contributed by atoms with van der Waals surface area (Å²) in [6.07, 6.45) is 2.14. The molecule has 5 N–H and O–H groups in total. The smallest absolute Gasteiger partial charge is 0.341 e. The van der Waals surface area contributed by atoms with Crippen molar-refractivity contribution in [3.05, 3.63) is 59.2 Å². The van der Waals surface area contributed by atoms with Crippen molar-refractivity contribution in [1.29, 1.82) is 5.26 Å². The molecule has 40 heavy (non-hydrogen) atoms. The van der Waals surface area contributed by atoms with Crippen LogP contribution in [0.25, 0.3) is 0 Å². The van der Waals surface area contributed by atoms with Crippen molar-refractivity contribution in [2.24, 2.45) is 17.6 Å². The number of nitrogens with zero attached hydrogens (tertiary/aromatic N) is 1. The number of hydrogen-bond acceptors (Lipinski definition) is 9. The number of hydrogen-bond donors (Lipinski definition) is 4. The van der Waals surface area contributed by atoms with E-state index in [1.54, 1.807) is 24.3 Å². The molecule has 12 heteroatoms. The Hall–Kier alpha value is -4.76. The summed E-state index contributed by atoms with van der Waals surface area (Å²) in [7, 11) is 0. The molecule has 1 aliphatic carbocycles. The van der Waals surface area contributed by atoms with Crippen LogP contribution in [-0.2, 0) is 14.4 Å². The molecule has 0 spiro atoms. The molecule has 0 saturated heterocycles. The Morgan fingerprint density at radius 3 is 2.05 bits per heavy atom. The molecular weight excluding hydrogens is 522 g/mol. The monoisotopic (exact) mass is 551 g/mol. The molecule has 2 aromatic carbocycles. The highest BCUT2D eigenvalue weighted by molar-refractivity contribution is 6.01. The van der Waals surface area contributed by atoms with Crippen LogP contribution in [0.1, 0.15) is 52.0 Å². The van der Waals surface area contributed by atoms with E-state index in [4.69, 9.17) is 30.7 Å². The van der Waals surface area contributed by atoms with E-state index in [1.807, 2.05) is 6.07 Å². The average Bonchev–Trinajstić information content (AvgIpc) is 2.97. The van der Waals surface area contributed by atoms with E-state index < -0.39 is 37.0 Å². The average molecular weight is 552 g/mol. The number of ketones is 2. The third-order valence-electron chi connectivity index (χ3n) is 6.64. The number of nitrogens with one attached hydrogen (secondary N) is 1. The summed E-state index contributed by atoms with van der Waals surface area (Å²) < 4.78 is 10.2. The van der Waals surface area contributed by atoms with Gasteiger partial charge in [-0.2, -0.15) is 5.26 Å². The van der Waals surface area contributed by atoms with Crippen molar-refractivity contribution in [1.82, 2.24) is 5.32 Å². The number of amides is 1. The van der Waals surface area contributed by atoms with E-state index in [-0.39, 0.29) is 47.1 Å². The predicted molar refractivity (Wildman–Crippen MR) is 139 cm³/mol. The van der Waals surface area contributed by atoms with Gasteiger partial charge in [-0.05, 0) is 61.9 Å². The highest BCUT2D eigenvalue weighted by Gasteiger charge is 2.32. The van der Waals surface area contributed by atoms with E-state index in [1.165, 1.54) is 18.2 Å². The lowest BCUT2D eigenvalue weighted by Crippen LogP contribution is -2.42. The fraction of sp³-hybridized carbons (Fsp3) is 0.357. The van der Waals surface area contributed by atoms with Crippen LogP contribution >= 0.6 is 0 Å². The summed E-state index contributed by atoms with van der Waals surface area (Å²) in [5.41, 5.74) is 7.22. The van der Waals surface area contributed by atoms with Gasteiger partial charge in [0, 0.05) is 17.0 Å². The van der Waals surface area contributed by atoms with E-state index in [0.29, 0.717) is 36.8 Å². The zero-order valence-corrected chi connectivity index (χ0v) is 21.5. The van der Waals surface area contributed by atoms with Gasteiger partial charge in [0.25, 0.3) is 0 Å². The Morgan fingerprint density at radius 2 is 1.48 bits per heavy atom. The molecule has 1 aliphatic rings. The standard InChI is InChI=1S/C28H29N3O9/c29-12-16-1-3-18(4-2-16)27(37)26(30)17-5-7-19(8-6-17)28(38)31-13-21(32)20-9-10-22(39-14-24(33)34)23(11-20)40-15-25(35)36/h1-4,9-11,17,19,26H,5-8,13-15,30H2,(H,31,38)(H,33,34)(H,35,36)/t17-,19-,26?. The van der Waals surface area contributed by atoms with E-state index in [0.717, 1.165) is 0 Å². The number of Topliss-reactive ketones (excluding diaryl/α,β-unsaturated/α-hetero) is 2. The topological polar surface area (TPSA) is 206 Å². The third kappa shape index (κ3) is 8.12. The first-order valence-electron chi connectivity index (χ1n) is 12.5. The molecule has 3 rings (SSSR count). The highest BCUT2D eigenvalue weighted by Crippen LogP contribution is 2.32. The Balaban J connectivity index is 1.52. The Kier molecular flexibility index (Phi) is 10.3. The second kappa shape index (κ2) is 13.9. The van der Waals surface area contributed by atoms with Crippen molar-refractivity contribution in [2.45, 2.75) is 31.7 Å². The lowest BCUT2D eigenvalue weighted by molar-refractivity contribution is -0.140. The number of nitriles is 1. The molecule has 12 nitrogen and oxygen atoms in total. The van der Waals surface area contributed by atoms with Gasteiger partial charge >= 0.3 is 11.9 Å². The minimum atomic E-state index is -1.28. The number of aliphatic carboxylic acids is 2. The normalized spacial score (nSPS) is 17.1. The van der Waals surface area contributed by atoms with Gasteiger partial charge in [-0.25, -0.2) is 9.59 Å². The first-order valence-corrected chi connectivity index (χ1v) is 12.5. The fourth-order valence-electron chi connectivity index (χ4n) is 4.46. The minimum absolute atomic E-state index is 0.0446. The molecule has 210 valence electrons. The van der Waals surface area contributed by atoms with Gasteiger partial charge < -0.3 is 30.7 Å². The van der Waals surface area contributed by atoms with Crippen LogP contribution in [0.5, 0.6) is 11.5 Å². The van der Waals surface area contributed by atoms with Gasteiger partial charge in [-0.1, -0.05) is 12.1 Å². The number of nitrogens with two attached hydrogens (primary N) is 1. The number of carboxylic acid groups (broad SMARTS) is 2. The highest BCUT2D eigenvalue weighted by atomic mass is 16.5. The molecule has 2 aromatic rings. The van der Waals surface area contributed by atoms with Crippen LogP contribution in [0, 0.1) is 23.2 Å². The zero-order valence-electron chi connectivity index (χ0n) is 21.5. The molecule has 0 heterocycles. The number of rotatable bonds is 13. The second-order valence-corrected chi connectivity index (χ2v) is 9.36. The van der Waals surface area contributed by atoms with Gasteiger partial charge in [0.2, 0.25) is 5.91 Å². The van der Waals surface area contributed by atoms with Crippen LogP contribution in [0.3, 0.4) is 0 Å². The lowest BCUT2D eigenvalue weighted by Gasteiger charge is -2.30. The van der Waals surface area contributed by atoms with Gasteiger partial charge in [-0.3, -0.25) is 14.4 Å². The minimum Gasteiger partial charge on any atom is -0.479 e. The van der Waals surface area contributed by atoms with Gasteiger partial charge in [0.1, 0.15) is 0 Å². The largest absolute Gasteiger partial charge is 0.479 e. The first-order chi connectivity index (χ1) is 19.1. The predicted octanol–water partition coefficient (Wildman–Crippen LogP) is 1.80. The quantitative estimate of drug-likeness (QED) is 0.264. The van der Waals surface area contributed by atoms with Crippen molar-refractivity contribution < 1.29 is 43.7 Å². The van der Waals surface area contributed by atoms with Crippen LogP contribution in [0.4, 0.5) is 0 Å². The zero-order chi connectivity index (χ0) is 29.2. The summed E-state index contributed by atoms with van der Waals surface area (Å²) in [5.74, 6) is -4.12. The second-order valence-electron chi connectivity index (χ2n) is 9.36. The Bertz CT molecular complexity index is 1310. The maximum Gasteiger partial charge on any atom is 0.341 e. The number of carbonyl (C=O) groups is 5. The SMILES string of the molecule is N#Cc1ccc(C(=O)C(N)[C@H]2CC[C@H](C(=O)NCC(=O)c3ccc(OCC(=O)O)c(OCC(=O)O)c3)CC2)cc1. The molecule has 1 amide bonds. The molecular formula is C28H29N3O9. The summed E-state index contributed by atoms with van der Waals surface area (Å²) in [4.78, 5) is 59.8. The molecule has 1 unspecified atom stereocenters. The van der Waals surface area contributed by atoms with E-state index in [9.17, 15) is 24.0 Å². The summed E-state index contributed by atoms with van der Waals surface area (Å²) >= 11 is 0. The molecule has 0 radical (unpaired) electrons.